The molecule has 2 heterocycles. The van der Waals surface area contributed by atoms with Crippen molar-refractivity contribution in [1.82, 2.24) is 14.5 Å². The van der Waals surface area contributed by atoms with E-state index in [1.54, 1.807) is 0 Å². The molecule has 2 N–H and O–H groups in total. The summed E-state index contributed by atoms with van der Waals surface area (Å²) in [5.74, 6) is 2.51. The Labute approximate surface area is 149 Å². The molecule has 0 bridgehead atoms. The predicted octanol–water partition coefficient (Wildman–Crippen LogP) is 5.09. The van der Waals surface area contributed by atoms with Crippen LogP contribution in [0.1, 0.15) is 57.7 Å². The van der Waals surface area contributed by atoms with E-state index < -0.39 is 0 Å². The fourth-order valence-corrected chi connectivity index (χ4v) is 4.26. The maximum atomic E-state index is 6.28. The van der Waals surface area contributed by atoms with Crippen LogP contribution in [0.25, 0.3) is 21.9 Å². The third kappa shape index (κ3) is 3.10. The lowest BCUT2D eigenvalue weighted by atomic mass is 9.89. The Morgan fingerprint density at radius 3 is 2.72 bits per heavy atom. The summed E-state index contributed by atoms with van der Waals surface area (Å²) in [5, 5.41) is 1.18. The van der Waals surface area contributed by atoms with Gasteiger partial charge in [-0.05, 0) is 31.2 Å². The first kappa shape index (κ1) is 16.4. The highest BCUT2D eigenvalue weighted by atomic mass is 15.1. The van der Waals surface area contributed by atoms with Crippen LogP contribution in [-0.2, 0) is 13.0 Å². The highest BCUT2D eigenvalue weighted by Gasteiger charge is 2.21. The van der Waals surface area contributed by atoms with Crippen LogP contribution in [0, 0.1) is 5.92 Å². The van der Waals surface area contributed by atoms with Crippen LogP contribution in [0.15, 0.2) is 24.3 Å². The van der Waals surface area contributed by atoms with Crippen molar-refractivity contribution in [3.05, 3.63) is 30.1 Å². The van der Waals surface area contributed by atoms with Gasteiger partial charge in [-0.1, -0.05) is 50.8 Å². The van der Waals surface area contributed by atoms with Crippen LogP contribution < -0.4 is 5.73 Å². The quantitative estimate of drug-likeness (QED) is 0.706. The summed E-state index contributed by atoms with van der Waals surface area (Å²) in [6, 6.07) is 8.32. The van der Waals surface area contributed by atoms with Gasteiger partial charge in [0.25, 0.3) is 0 Å². The normalized spacial score (nSPS) is 16.0. The van der Waals surface area contributed by atoms with Crippen LogP contribution in [-0.4, -0.2) is 14.5 Å². The highest BCUT2D eigenvalue weighted by molar-refractivity contribution is 6.06. The van der Waals surface area contributed by atoms with E-state index in [9.17, 15) is 0 Å². The molecule has 0 spiro atoms. The molecule has 4 heteroatoms. The fourth-order valence-electron chi connectivity index (χ4n) is 4.26. The first-order valence-corrected chi connectivity index (χ1v) is 9.81. The van der Waals surface area contributed by atoms with Crippen LogP contribution >= 0.6 is 0 Å². The molecular weight excluding hydrogens is 308 g/mol. The Morgan fingerprint density at radius 1 is 1.12 bits per heavy atom. The molecule has 4 nitrogen and oxygen atoms in total. The number of nitrogens with two attached hydrogens (primary N) is 1. The number of benzene rings is 1. The van der Waals surface area contributed by atoms with Gasteiger partial charge in [-0.25, -0.2) is 9.97 Å². The second-order valence-electron chi connectivity index (χ2n) is 7.46. The van der Waals surface area contributed by atoms with Gasteiger partial charge in [0.05, 0.1) is 11.0 Å². The van der Waals surface area contributed by atoms with Crippen LogP contribution in [0.4, 0.5) is 5.82 Å². The van der Waals surface area contributed by atoms with Gasteiger partial charge in [0.1, 0.15) is 11.3 Å². The molecule has 1 saturated carbocycles. The summed E-state index contributed by atoms with van der Waals surface area (Å²) >= 11 is 0. The summed E-state index contributed by atoms with van der Waals surface area (Å²) < 4.78 is 2.47. The van der Waals surface area contributed by atoms with E-state index in [0.29, 0.717) is 5.82 Å². The molecule has 0 atom stereocenters. The molecule has 1 aliphatic rings. The van der Waals surface area contributed by atoms with Crippen molar-refractivity contribution in [2.24, 2.45) is 5.92 Å². The van der Waals surface area contributed by atoms with Crippen molar-refractivity contribution in [3.8, 4) is 0 Å². The number of rotatable bonds is 5. The molecule has 1 aliphatic carbocycles. The molecule has 4 rings (SSSR count). The van der Waals surface area contributed by atoms with Gasteiger partial charge in [-0.3, -0.25) is 0 Å². The molecule has 0 unspecified atom stereocenters. The molecule has 1 fully saturated rings. The van der Waals surface area contributed by atoms with Crippen LogP contribution in [0.2, 0.25) is 0 Å². The Morgan fingerprint density at radius 2 is 1.92 bits per heavy atom. The van der Waals surface area contributed by atoms with E-state index in [-0.39, 0.29) is 0 Å². The standard InChI is InChI=1S/C21H28N4/c1-2-3-13-18-24-19-20(25(18)14-15-9-5-4-6-10-15)16-11-7-8-12-17(16)23-21(19)22/h7-8,11-12,15H,2-6,9-10,13-14H2,1H3,(H2,22,23). The largest absolute Gasteiger partial charge is 0.382 e. The van der Waals surface area contributed by atoms with Gasteiger partial charge in [0.15, 0.2) is 5.82 Å². The minimum atomic E-state index is 0.564. The lowest BCUT2D eigenvalue weighted by Gasteiger charge is -2.23. The van der Waals surface area contributed by atoms with Gasteiger partial charge in [0.2, 0.25) is 0 Å². The zero-order valence-electron chi connectivity index (χ0n) is 15.2. The van der Waals surface area contributed by atoms with Crippen molar-refractivity contribution in [1.29, 1.82) is 0 Å². The summed E-state index contributed by atoms with van der Waals surface area (Å²) in [4.78, 5) is 9.53. The highest BCUT2D eigenvalue weighted by Crippen LogP contribution is 2.32. The third-order valence-electron chi connectivity index (χ3n) is 5.61. The zero-order chi connectivity index (χ0) is 17.2. The number of nitrogen functional groups attached to an aromatic ring is 1. The van der Waals surface area contributed by atoms with Crippen LogP contribution in [0.5, 0.6) is 0 Å². The summed E-state index contributed by atoms with van der Waals surface area (Å²) in [5.41, 5.74) is 9.33. The number of para-hydroxylation sites is 1. The van der Waals surface area contributed by atoms with E-state index in [0.717, 1.165) is 29.9 Å². The Kier molecular flexibility index (Phi) is 4.60. The van der Waals surface area contributed by atoms with E-state index in [4.69, 9.17) is 10.7 Å². The number of hydrogen-bond acceptors (Lipinski definition) is 3. The lowest BCUT2D eigenvalue weighted by molar-refractivity contribution is 0.319. The van der Waals surface area contributed by atoms with E-state index in [2.05, 4.69) is 34.7 Å². The molecule has 2 aromatic heterocycles. The topological polar surface area (TPSA) is 56.7 Å². The molecule has 0 saturated heterocycles. The molecule has 0 radical (unpaired) electrons. The number of fused-ring (bicyclic) bond motifs is 3. The van der Waals surface area contributed by atoms with Crippen molar-refractivity contribution >= 4 is 27.8 Å². The van der Waals surface area contributed by atoms with Crippen molar-refractivity contribution in [2.45, 2.75) is 64.8 Å². The average Bonchev–Trinajstić information content (AvgIpc) is 3.00. The maximum Gasteiger partial charge on any atom is 0.152 e. The first-order chi connectivity index (χ1) is 12.3. The molecule has 3 aromatic rings. The van der Waals surface area contributed by atoms with E-state index >= 15 is 0 Å². The average molecular weight is 336 g/mol. The summed E-state index contributed by atoms with van der Waals surface area (Å²) in [6.45, 7) is 3.31. The number of unbranched alkanes of at least 4 members (excludes halogenated alkanes) is 1. The van der Waals surface area contributed by atoms with E-state index in [1.165, 1.54) is 61.7 Å². The number of imidazole rings is 1. The fraction of sp³-hybridized carbons (Fsp3) is 0.524. The molecule has 132 valence electrons. The van der Waals surface area contributed by atoms with Crippen molar-refractivity contribution in [3.63, 3.8) is 0 Å². The lowest BCUT2D eigenvalue weighted by Crippen LogP contribution is -2.16. The Balaban J connectivity index is 1.88. The summed E-state index contributed by atoms with van der Waals surface area (Å²) in [7, 11) is 0. The zero-order valence-corrected chi connectivity index (χ0v) is 15.2. The molecule has 0 amide bonds. The predicted molar refractivity (Wildman–Crippen MR) is 105 cm³/mol. The number of aromatic nitrogens is 3. The SMILES string of the molecule is CCCCc1nc2c(N)nc3ccccc3c2n1CC1CCCCC1. The number of anilines is 1. The first-order valence-electron chi connectivity index (χ1n) is 9.81. The minimum Gasteiger partial charge on any atom is -0.382 e. The molecule has 0 aliphatic heterocycles. The van der Waals surface area contributed by atoms with E-state index in [1.807, 2.05) is 6.07 Å². The van der Waals surface area contributed by atoms with Gasteiger partial charge >= 0.3 is 0 Å². The Hall–Kier alpha value is -2.10. The smallest absolute Gasteiger partial charge is 0.152 e. The minimum absolute atomic E-state index is 0.564. The Bertz CT molecular complexity index is 874. The number of pyridine rings is 1. The second-order valence-corrected chi connectivity index (χ2v) is 7.46. The van der Waals surface area contributed by atoms with Crippen molar-refractivity contribution < 1.29 is 0 Å². The van der Waals surface area contributed by atoms with Gasteiger partial charge in [-0.2, -0.15) is 0 Å². The number of nitrogens with zero attached hydrogens (tertiary/aromatic N) is 3. The summed E-state index contributed by atoms with van der Waals surface area (Å²) in [6.07, 6.45) is 10.2. The molecular formula is C21H28N4. The third-order valence-corrected chi connectivity index (χ3v) is 5.61. The second kappa shape index (κ2) is 7.03. The van der Waals surface area contributed by atoms with Gasteiger partial charge < -0.3 is 10.3 Å². The van der Waals surface area contributed by atoms with Crippen LogP contribution in [0.3, 0.4) is 0 Å². The maximum absolute atomic E-state index is 6.28. The number of aryl methyl sites for hydroxylation is 1. The molecule has 25 heavy (non-hydrogen) atoms. The van der Waals surface area contributed by atoms with Gasteiger partial charge in [0, 0.05) is 18.4 Å². The molecule has 1 aromatic carbocycles. The van der Waals surface area contributed by atoms with Gasteiger partial charge in [-0.15, -0.1) is 0 Å². The van der Waals surface area contributed by atoms with Crippen molar-refractivity contribution in [2.75, 3.05) is 5.73 Å². The monoisotopic (exact) mass is 336 g/mol. The number of hydrogen-bond donors (Lipinski definition) is 1.